The predicted molar refractivity (Wildman–Crippen MR) is 180 cm³/mol. The highest BCUT2D eigenvalue weighted by Gasteiger charge is 2.72. The molecule has 4 aliphatic carbocycles. The minimum atomic E-state index is -0.680. The summed E-state index contributed by atoms with van der Waals surface area (Å²) >= 11 is 0. The highest BCUT2D eigenvalue weighted by molar-refractivity contribution is 5.76. The Morgan fingerprint density at radius 3 is 2.41 bits per heavy atom. The second kappa shape index (κ2) is 12.8. The Balaban J connectivity index is 1.52. The number of rotatable bonds is 11. The van der Waals surface area contributed by atoms with E-state index in [1.54, 1.807) is 0 Å². The van der Waals surface area contributed by atoms with E-state index in [2.05, 4.69) is 54.5 Å². The number of carbonyl (C=O) groups excluding carboxylic acids is 1. The lowest BCUT2D eigenvalue weighted by atomic mass is 9.34. The third-order valence-electron chi connectivity index (χ3n) is 15.0. The molecule has 1 aliphatic heterocycles. The molecule has 262 valence electrons. The number of unbranched alkanes of at least 4 members (excludes halogenated alkanes) is 1. The standard InChI is InChI=1S/C38H64N2O6/c1-9-45-28-20-38-22-44-21-35(6,31(28)46-33(43)27(40)12-10-11-19-39)29(38)14-13-25-26(38)15-16-37(8)30(32(41)42)34(5,24(4)23(2)3)17-18-36(25,37)7/h15,23-25,27-31H,9-14,16-22,39-40H2,1-8H3,(H,41,42)/t24-,25+,27?,28-,29+,30-,31+,34-,35+,36-,37+,38-/m1/s1. The van der Waals surface area contributed by atoms with Crippen molar-refractivity contribution in [2.24, 2.45) is 68.1 Å². The summed E-state index contributed by atoms with van der Waals surface area (Å²) in [6, 6.07) is -0.680. The molecule has 1 unspecified atom stereocenters. The quantitative estimate of drug-likeness (QED) is 0.135. The first-order valence-corrected chi connectivity index (χ1v) is 18.4. The molecule has 5 N–H and O–H groups in total. The van der Waals surface area contributed by atoms with E-state index in [1.165, 1.54) is 5.57 Å². The van der Waals surface area contributed by atoms with Crippen LogP contribution >= 0.6 is 0 Å². The normalized spacial score (nSPS) is 44.7. The number of carboxylic acid groups (broad SMARTS) is 1. The summed E-state index contributed by atoms with van der Waals surface area (Å²) in [7, 11) is 0. The van der Waals surface area contributed by atoms with E-state index < -0.39 is 29.4 Å². The number of fused-ring (bicyclic) bond motifs is 3. The monoisotopic (exact) mass is 644 g/mol. The van der Waals surface area contributed by atoms with E-state index in [0.29, 0.717) is 44.6 Å². The molecular formula is C38H64N2O6. The molecule has 3 saturated carbocycles. The van der Waals surface area contributed by atoms with E-state index >= 15 is 0 Å². The topological polar surface area (TPSA) is 134 Å². The molecule has 2 bridgehead atoms. The van der Waals surface area contributed by atoms with Gasteiger partial charge in [-0.1, -0.05) is 66.5 Å². The molecule has 46 heavy (non-hydrogen) atoms. The summed E-state index contributed by atoms with van der Waals surface area (Å²) in [6.07, 6.45) is 9.40. The molecule has 0 aromatic heterocycles. The van der Waals surface area contributed by atoms with Gasteiger partial charge >= 0.3 is 11.9 Å². The van der Waals surface area contributed by atoms with Crippen LogP contribution in [-0.4, -0.2) is 61.7 Å². The van der Waals surface area contributed by atoms with Gasteiger partial charge in [0.05, 0.1) is 25.2 Å². The zero-order chi connectivity index (χ0) is 33.9. The van der Waals surface area contributed by atoms with Gasteiger partial charge in [0.25, 0.3) is 0 Å². The second-order valence-corrected chi connectivity index (χ2v) is 17.3. The molecule has 0 radical (unpaired) electrons. The van der Waals surface area contributed by atoms with E-state index in [-0.39, 0.29) is 45.6 Å². The average molecular weight is 645 g/mol. The van der Waals surface area contributed by atoms with Crippen molar-refractivity contribution < 1.29 is 28.9 Å². The lowest BCUT2D eigenvalue weighted by molar-refractivity contribution is -0.266. The van der Waals surface area contributed by atoms with Crippen molar-refractivity contribution in [3.8, 4) is 0 Å². The first-order valence-electron chi connectivity index (χ1n) is 18.4. The third kappa shape index (κ3) is 5.22. The SMILES string of the molecule is CCO[C@@H]1C[C@]23COC[C@@](C)([C@@H]2CC[C@H]2C3=CC[C@@]3(C)[C@H](C(=O)O)[C@@](C)([C@H](C)C(C)C)CC[C@]23C)[C@H]1OC(=O)C(N)CCCCN. The highest BCUT2D eigenvalue weighted by atomic mass is 16.6. The van der Waals surface area contributed by atoms with Crippen molar-refractivity contribution >= 4 is 11.9 Å². The van der Waals surface area contributed by atoms with Crippen LogP contribution in [0.1, 0.15) is 113 Å². The lowest BCUT2D eigenvalue weighted by Crippen LogP contribution is -2.70. The zero-order valence-electron chi connectivity index (χ0n) is 30.0. The molecule has 1 saturated heterocycles. The van der Waals surface area contributed by atoms with Crippen LogP contribution in [0.15, 0.2) is 11.6 Å². The molecule has 8 nitrogen and oxygen atoms in total. The summed E-state index contributed by atoms with van der Waals surface area (Å²) in [5.74, 6) is -0.135. The van der Waals surface area contributed by atoms with Gasteiger partial charge in [-0.2, -0.15) is 0 Å². The average Bonchev–Trinajstić information content (AvgIpc) is 2.99. The van der Waals surface area contributed by atoms with Gasteiger partial charge in [0.15, 0.2) is 0 Å². The minimum Gasteiger partial charge on any atom is -0.481 e. The summed E-state index contributed by atoms with van der Waals surface area (Å²) in [5.41, 5.74) is 12.0. The maximum absolute atomic E-state index is 13.4. The number of carboxylic acids is 1. The molecule has 5 aliphatic rings. The number of esters is 1. The van der Waals surface area contributed by atoms with Crippen molar-refractivity contribution in [3.63, 3.8) is 0 Å². The molecule has 0 amide bonds. The maximum atomic E-state index is 13.4. The van der Waals surface area contributed by atoms with Crippen molar-refractivity contribution in [3.05, 3.63) is 11.6 Å². The number of ether oxygens (including phenoxy) is 3. The largest absolute Gasteiger partial charge is 0.481 e. The fourth-order valence-electron chi connectivity index (χ4n) is 12.0. The van der Waals surface area contributed by atoms with Gasteiger partial charge in [0.1, 0.15) is 12.1 Å². The van der Waals surface area contributed by atoms with Crippen molar-refractivity contribution in [2.45, 2.75) is 131 Å². The van der Waals surface area contributed by atoms with Crippen molar-refractivity contribution in [2.75, 3.05) is 26.4 Å². The first-order chi connectivity index (χ1) is 21.6. The first kappa shape index (κ1) is 35.8. The zero-order valence-corrected chi connectivity index (χ0v) is 30.0. The van der Waals surface area contributed by atoms with Gasteiger partial charge in [0.2, 0.25) is 0 Å². The van der Waals surface area contributed by atoms with Crippen LogP contribution in [0.3, 0.4) is 0 Å². The Morgan fingerprint density at radius 1 is 1.07 bits per heavy atom. The molecular weight excluding hydrogens is 580 g/mol. The lowest BCUT2D eigenvalue weighted by Gasteiger charge is -2.71. The van der Waals surface area contributed by atoms with Crippen LogP contribution in [0.25, 0.3) is 0 Å². The van der Waals surface area contributed by atoms with Crippen molar-refractivity contribution in [1.29, 1.82) is 0 Å². The van der Waals surface area contributed by atoms with Crippen LogP contribution in [0.5, 0.6) is 0 Å². The minimum absolute atomic E-state index is 0.148. The van der Waals surface area contributed by atoms with E-state index in [4.69, 9.17) is 25.7 Å². The second-order valence-electron chi connectivity index (χ2n) is 17.3. The summed E-state index contributed by atoms with van der Waals surface area (Å²) < 4.78 is 19.4. The Kier molecular flexibility index (Phi) is 9.94. The van der Waals surface area contributed by atoms with Crippen LogP contribution in [0.4, 0.5) is 0 Å². The molecule has 0 aromatic carbocycles. The number of hydrogen-bond acceptors (Lipinski definition) is 7. The number of hydrogen-bond donors (Lipinski definition) is 3. The number of allylic oxidation sites excluding steroid dienone is 1. The van der Waals surface area contributed by atoms with Gasteiger partial charge in [0, 0.05) is 17.4 Å². The number of nitrogens with two attached hydrogens (primary N) is 2. The predicted octanol–water partition coefficient (Wildman–Crippen LogP) is 6.35. The van der Waals surface area contributed by atoms with Gasteiger partial charge in [-0.3, -0.25) is 9.59 Å². The molecule has 4 fully saturated rings. The van der Waals surface area contributed by atoms with Gasteiger partial charge in [-0.25, -0.2) is 0 Å². The Bertz CT molecular complexity index is 1190. The summed E-state index contributed by atoms with van der Waals surface area (Å²) in [4.78, 5) is 26.7. The summed E-state index contributed by atoms with van der Waals surface area (Å²) in [6.45, 7) is 20.2. The number of aliphatic carboxylic acids is 1. The van der Waals surface area contributed by atoms with Gasteiger partial charge in [-0.05, 0) is 105 Å². The molecule has 5 rings (SSSR count). The number of carbonyl (C=O) groups is 2. The third-order valence-corrected chi connectivity index (χ3v) is 15.0. The van der Waals surface area contributed by atoms with E-state index in [0.717, 1.165) is 51.4 Å². The fourth-order valence-corrected chi connectivity index (χ4v) is 12.0. The molecule has 8 heteroatoms. The maximum Gasteiger partial charge on any atom is 0.323 e. The van der Waals surface area contributed by atoms with E-state index in [1.807, 2.05) is 6.92 Å². The van der Waals surface area contributed by atoms with Crippen LogP contribution in [-0.2, 0) is 23.8 Å². The van der Waals surface area contributed by atoms with Crippen LogP contribution < -0.4 is 11.5 Å². The van der Waals surface area contributed by atoms with Gasteiger partial charge in [-0.15, -0.1) is 0 Å². The van der Waals surface area contributed by atoms with Crippen LogP contribution in [0.2, 0.25) is 0 Å². The Labute approximate surface area is 278 Å². The van der Waals surface area contributed by atoms with Gasteiger partial charge < -0.3 is 30.8 Å². The fraction of sp³-hybridized carbons (Fsp3) is 0.895. The molecule has 0 aromatic rings. The molecule has 0 spiro atoms. The Morgan fingerprint density at radius 2 is 1.78 bits per heavy atom. The van der Waals surface area contributed by atoms with Crippen molar-refractivity contribution in [1.82, 2.24) is 0 Å². The van der Waals surface area contributed by atoms with E-state index in [9.17, 15) is 14.7 Å². The smallest absolute Gasteiger partial charge is 0.323 e. The molecule has 12 atom stereocenters. The van der Waals surface area contributed by atoms with Crippen LogP contribution in [0, 0.1) is 56.7 Å². The summed E-state index contributed by atoms with van der Waals surface area (Å²) in [5, 5.41) is 11.0. The molecule has 1 heterocycles. The highest BCUT2D eigenvalue weighted by Crippen LogP contribution is 2.75. The Hall–Kier alpha value is -1.48.